The lowest BCUT2D eigenvalue weighted by atomic mass is 10.00. The first-order valence-electron chi connectivity index (χ1n) is 3.86. The molecule has 0 aliphatic heterocycles. The maximum absolute atomic E-state index is 10.8. The van der Waals surface area contributed by atoms with Crippen LogP contribution >= 0.6 is 0 Å². The van der Waals surface area contributed by atoms with Gasteiger partial charge in [-0.15, -0.1) is 0 Å². The molecule has 0 rings (SSSR count). The minimum atomic E-state index is 0.168. The average Bonchev–Trinajstić information content (AvgIpc) is 1.88. The fraction of sp³-hybridized carbons (Fsp3) is 0.667. The molecule has 0 aromatic carbocycles. The van der Waals surface area contributed by atoms with Crippen LogP contribution < -0.4 is 0 Å². The molecule has 0 saturated carbocycles. The van der Waals surface area contributed by atoms with Crippen LogP contribution in [0.25, 0.3) is 0 Å². The lowest BCUT2D eigenvalue weighted by Gasteiger charge is -2.05. The van der Waals surface area contributed by atoms with Crippen LogP contribution in [0.2, 0.25) is 0 Å². The standard InChI is InChI=1S/C9H16O/c1-4-6-8(3)7-9(10)5-2/h5,8H,2,4,6-7H2,1,3H3. The molecule has 0 fully saturated rings. The summed E-state index contributed by atoms with van der Waals surface area (Å²) in [7, 11) is 0. The van der Waals surface area contributed by atoms with Gasteiger partial charge in [0, 0.05) is 6.42 Å². The highest BCUT2D eigenvalue weighted by Crippen LogP contribution is 2.09. The Morgan fingerprint density at radius 2 is 2.30 bits per heavy atom. The van der Waals surface area contributed by atoms with Gasteiger partial charge in [0.15, 0.2) is 5.78 Å². The number of hydrogen-bond acceptors (Lipinski definition) is 1. The van der Waals surface area contributed by atoms with Crippen molar-refractivity contribution < 1.29 is 4.79 Å². The Labute approximate surface area is 63.1 Å². The van der Waals surface area contributed by atoms with Gasteiger partial charge in [0.05, 0.1) is 0 Å². The molecule has 1 unspecified atom stereocenters. The van der Waals surface area contributed by atoms with Crippen molar-refractivity contribution in [3.63, 3.8) is 0 Å². The highest BCUT2D eigenvalue weighted by Gasteiger charge is 2.03. The van der Waals surface area contributed by atoms with Gasteiger partial charge in [-0.05, 0) is 12.0 Å². The van der Waals surface area contributed by atoms with Crippen LogP contribution in [0.4, 0.5) is 0 Å². The summed E-state index contributed by atoms with van der Waals surface area (Å²) in [6, 6.07) is 0. The Kier molecular flexibility index (Phi) is 4.91. The molecule has 0 aromatic rings. The monoisotopic (exact) mass is 140 g/mol. The Hall–Kier alpha value is -0.590. The third-order valence-corrected chi connectivity index (χ3v) is 1.56. The number of ketones is 1. The van der Waals surface area contributed by atoms with E-state index in [-0.39, 0.29) is 5.78 Å². The molecule has 0 spiro atoms. The smallest absolute Gasteiger partial charge is 0.155 e. The van der Waals surface area contributed by atoms with Gasteiger partial charge in [-0.2, -0.15) is 0 Å². The molecule has 0 amide bonds. The van der Waals surface area contributed by atoms with Crippen LogP contribution in [-0.2, 0) is 4.79 Å². The fourth-order valence-corrected chi connectivity index (χ4v) is 1.02. The molecule has 0 heterocycles. The zero-order valence-corrected chi connectivity index (χ0v) is 6.89. The maximum Gasteiger partial charge on any atom is 0.155 e. The van der Waals surface area contributed by atoms with Gasteiger partial charge in [-0.1, -0.05) is 33.3 Å². The largest absolute Gasteiger partial charge is 0.295 e. The molecular weight excluding hydrogens is 124 g/mol. The van der Waals surface area contributed by atoms with Crippen LogP contribution in [0.3, 0.4) is 0 Å². The summed E-state index contributed by atoms with van der Waals surface area (Å²) in [5.74, 6) is 0.691. The van der Waals surface area contributed by atoms with E-state index in [0.717, 1.165) is 12.8 Å². The van der Waals surface area contributed by atoms with Crippen molar-refractivity contribution in [3.8, 4) is 0 Å². The number of rotatable bonds is 5. The average molecular weight is 140 g/mol. The van der Waals surface area contributed by atoms with Crippen LogP contribution in [0, 0.1) is 5.92 Å². The number of carbonyl (C=O) groups excluding carboxylic acids is 1. The van der Waals surface area contributed by atoms with Crippen LogP contribution in [-0.4, -0.2) is 5.78 Å². The van der Waals surface area contributed by atoms with Gasteiger partial charge in [0.1, 0.15) is 0 Å². The van der Waals surface area contributed by atoms with E-state index in [2.05, 4.69) is 20.4 Å². The number of allylic oxidation sites excluding steroid dienone is 1. The molecule has 0 radical (unpaired) electrons. The van der Waals surface area contributed by atoms with Gasteiger partial charge >= 0.3 is 0 Å². The molecule has 0 bridgehead atoms. The SMILES string of the molecule is C=CC(=O)CC(C)CCC. The van der Waals surface area contributed by atoms with E-state index in [1.807, 2.05) is 0 Å². The summed E-state index contributed by atoms with van der Waals surface area (Å²) in [6.07, 6.45) is 4.37. The van der Waals surface area contributed by atoms with E-state index in [4.69, 9.17) is 0 Å². The van der Waals surface area contributed by atoms with Gasteiger partial charge in [-0.3, -0.25) is 4.79 Å². The second-order valence-electron chi connectivity index (χ2n) is 2.77. The Bertz CT molecular complexity index is 116. The molecular formula is C9H16O. The minimum absolute atomic E-state index is 0.168. The summed E-state index contributed by atoms with van der Waals surface area (Å²) in [5, 5.41) is 0. The van der Waals surface area contributed by atoms with Crippen molar-refractivity contribution in [3.05, 3.63) is 12.7 Å². The van der Waals surface area contributed by atoms with E-state index in [1.165, 1.54) is 6.08 Å². The zero-order chi connectivity index (χ0) is 7.98. The van der Waals surface area contributed by atoms with Crippen molar-refractivity contribution in [2.75, 3.05) is 0 Å². The molecule has 1 atom stereocenters. The van der Waals surface area contributed by atoms with E-state index < -0.39 is 0 Å². The Morgan fingerprint density at radius 1 is 1.70 bits per heavy atom. The summed E-state index contributed by atoms with van der Waals surface area (Å²) >= 11 is 0. The van der Waals surface area contributed by atoms with Gasteiger partial charge < -0.3 is 0 Å². The van der Waals surface area contributed by atoms with Crippen LogP contribution in [0.15, 0.2) is 12.7 Å². The van der Waals surface area contributed by atoms with Crippen LogP contribution in [0.5, 0.6) is 0 Å². The van der Waals surface area contributed by atoms with Gasteiger partial charge in [0.2, 0.25) is 0 Å². The topological polar surface area (TPSA) is 17.1 Å². The third-order valence-electron chi connectivity index (χ3n) is 1.56. The fourth-order valence-electron chi connectivity index (χ4n) is 1.02. The Balaban J connectivity index is 3.46. The lowest BCUT2D eigenvalue weighted by molar-refractivity contribution is -0.115. The summed E-state index contributed by atoms with van der Waals surface area (Å²) in [4.78, 5) is 10.8. The van der Waals surface area contributed by atoms with Crippen molar-refractivity contribution in [2.45, 2.75) is 33.1 Å². The predicted molar refractivity (Wildman–Crippen MR) is 43.9 cm³/mol. The molecule has 0 N–H and O–H groups in total. The highest BCUT2D eigenvalue weighted by molar-refractivity contribution is 5.89. The molecule has 0 saturated heterocycles. The van der Waals surface area contributed by atoms with E-state index >= 15 is 0 Å². The zero-order valence-electron chi connectivity index (χ0n) is 6.89. The molecule has 1 heteroatoms. The van der Waals surface area contributed by atoms with E-state index in [9.17, 15) is 4.79 Å². The molecule has 0 aliphatic rings. The molecule has 1 nitrogen and oxygen atoms in total. The second kappa shape index (κ2) is 5.21. The predicted octanol–water partition coefficient (Wildman–Crippen LogP) is 2.57. The van der Waals surface area contributed by atoms with Crippen molar-refractivity contribution in [2.24, 2.45) is 5.92 Å². The minimum Gasteiger partial charge on any atom is -0.295 e. The maximum atomic E-state index is 10.8. The third kappa shape index (κ3) is 4.30. The Morgan fingerprint density at radius 3 is 2.70 bits per heavy atom. The first kappa shape index (κ1) is 9.41. The van der Waals surface area contributed by atoms with Gasteiger partial charge in [0.25, 0.3) is 0 Å². The molecule has 0 aromatic heterocycles. The van der Waals surface area contributed by atoms with Gasteiger partial charge in [-0.25, -0.2) is 0 Å². The summed E-state index contributed by atoms with van der Waals surface area (Å²) in [6.45, 7) is 7.66. The molecule has 0 aliphatic carbocycles. The lowest BCUT2D eigenvalue weighted by Crippen LogP contribution is -2.01. The summed E-state index contributed by atoms with van der Waals surface area (Å²) in [5.41, 5.74) is 0. The second-order valence-corrected chi connectivity index (χ2v) is 2.77. The van der Waals surface area contributed by atoms with Crippen molar-refractivity contribution in [1.82, 2.24) is 0 Å². The number of carbonyl (C=O) groups is 1. The quantitative estimate of drug-likeness (QED) is 0.536. The first-order chi connectivity index (χ1) is 4.70. The van der Waals surface area contributed by atoms with E-state index in [0.29, 0.717) is 12.3 Å². The van der Waals surface area contributed by atoms with Crippen LogP contribution in [0.1, 0.15) is 33.1 Å². The molecule has 58 valence electrons. The van der Waals surface area contributed by atoms with E-state index in [1.54, 1.807) is 0 Å². The summed E-state index contributed by atoms with van der Waals surface area (Å²) < 4.78 is 0. The molecule has 10 heavy (non-hydrogen) atoms. The normalized spacial score (nSPS) is 12.6. The van der Waals surface area contributed by atoms with Crippen molar-refractivity contribution in [1.29, 1.82) is 0 Å². The first-order valence-corrected chi connectivity index (χ1v) is 3.86. The highest BCUT2D eigenvalue weighted by atomic mass is 16.1. The number of hydrogen-bond donors (Lipinski definition) is 0. The van der Waals surface area contributed by atoms with Crippen molar-refractivity contribution >= 4 is 5.78 Å².